The summed E-state index contributed by atoms with van der Waals surface area (Å²) in [6, 6.07) is 0. The van der Waals surface area contributed by atoms with Crippen molar-refractivity contribution in [3.05, 3.63) is 12.7 Å². The molecule has 0 aromatic carbocycles. The highest BCUT2D eigenvalue weighted by atomic mass is 16.5. The van der Waals surface area contributed by atoms with Gasteiger partial charge in [-0.2, -0.15) is 0 Å². The third kappa shape index (κ3) is 17.7. The van der Waals surface area contributed by atoms with Crippen LogP contribution in [-0.4, -0.2) is 13.2 Å². The minimum Gasteiger partial charge on any atom is -0.377 e. The molecule has 0 atom stereocenters. The fourth-order valence-corrected chi connectivity index (χ4v) is 2.39. The van der Waals surface area contributed by atoms with Gasteiger partial charge in [-0.15, -0.1) is 6.58 Å². The first-order valence-electron chi connectivity index (χ1n) is 8.60. The van der Waals surface area contributed by atoms with E-state index in [1.165, 1.54) is 83.5 Å². The zero-order valence-electron chi connectivity index (χ0n) is 13.3. The van der Waals surface area contributed by atoms with E-state index in [0.29, 0.717) is 6.61 Å². The molecule has 0 fully saturated rings. The number of hydrogen-bond acceptors (Lipinski definition) is 1. The van der Waals surface area contributed by atoms with Crippen LogP contribution >= 0.6 is 0 Å². The second-order valence-corrected chi connectivity index (χ2v) is 5.61. The van der Waals surface area contributed by atoms with Crippen molar-refractivity contribution < 1.29 is 4.74 Å². The van der Waals surface area contributed by atoms with Crippen molar-refractivity contribution in [2.75, 3.05) is 13.2 Å². The average molecular weight is 268 g/mol. The number of rotatable bonds is 16. The largest absolute Gasteiger partial charge is 0.377 e. The number of ether oxygens (including phenoxy) is 1. The van der Waals surface area contributed by atoms with E-state index in [4.69, 9.17) is 4.74 Å². The fourth-order valence-electron chi connectivity index (χ4n) is 2.39. The van der Waals surface area contributed by atoms with Crippen molar-refractivity contribution in [1.82, 2.24) is 0 Å². The quantitative estimate of drug-likeness (QED) is 0.236. The van der Waals surface area contributed by atoms with Crippen LogP contribution in [0.1, 0.15) is 90.4 Å². The maximum absolute atomic E-state index is 5.36. The second-order valence-electron chi connectivity index (χ2n) is 5.61. The molecule has 0 spiro atoms. The van der Waals surface area contributed by atoms with Crippen molar-refractivity contribution in [2.24, 2.45) is 0 Å². The zero-order valence-corrected chi connectivity index (χ0v) is 13.3. The number of unbranched alkanes of at least 4 members (excludes halogenated alkanes) is 12. The first-order chi connectivity index (χ1) is 9.41. The Morgan fingerprint density at radius 2 is 1.11 bits per heavy atom. The van der Waals surface area contributed by atoms with E-state index in [1.807, 2.05) is 6.08 Å². The molecule has 0 aliphatic carbocycles. The molecule has 0 rings (SSSR count). The standard InChI is InChI=1S/C18H36O/c1-3-5-6-7-8-9-10-11-12-13-14-15-16-18-19-17-4-2/h4H,2-3,5-18H2,1H3. The van der Waals surface area contributed by atoms with Crippen molar-refractivity contribution in [1.29, 1.82) is 0 Å². The van der Waals surface area contributed by atoms with Crippen LogP contribution in [0.4, 0.5) is 0 Å². The highest BCUT2D eigenvalue weighted by Gasteiger charge is 1.93. The molecule has 0 saturated carbocycles. The monoisotopic (exact) mass is 268 g/mol. The summed E-state index contributed by atoms with van der Waals surface area (Å²) in [4.78, 5) is 0. The SMILES string of the molecule is C=CCOCCCCCCCCCCCCCCC. The molecule has 1 nitrogen and oxygen atoms in total. The molecule has 19 heavy (non-hydrogen) atoms. The highest BCUT2D eigenvalue weighted by molar-refractivity contribution is 4.63. The summed E-state index contributed by atoms with van der Waals surface area (Å²) in [7, 11) is 0. The van der Waals surface area contributed by atoms with Crippen molar-refractivity contribution in [3.8, 4) is 0 Å². The van der Waals surface area contributed by atoms with Crippen molar-refractivity contribution >= 4 is 0 Å². The Morgan fingerprint density at radius 3 is 1.53 bits per heavy atom. The molecule has 1 heteroatoms. The lowest BCUT2D eigenvalue weighted by Crippen LogP contribution is -1.93. The van der Waals surface area contributed by atoms with Gasteiger partial charge in [0.05, 0.1) is 6.61 Å². The molecule has 0 heterocycles. The lowest BCUT2D eigenvalue weighted by Gasteiger charge is -2.03. The van der Waals surface area contributed by atoms with Crippen LogP contribution in [0.3, 0.4) is 0 Å². The van der Waals surface area contributed by atoms with E-state index in [0.717, 1.165) is 6.61 Å². The topological polar surface area (TPSA) is 9.23 Å². The van der Waals surface area contributed by atoms with Gasteiger partial charge in [0.15, 0.2) is 0 Å². The Labute approximate surface area is 121 Å². The van der Waals surface area contributed by atoms with Crippen LogP contribution in [0.15, 0.2) is 12.7 Å². The van der Waals surface area contributed by atoms with E-state index in [1.54, 1.807) is 0 Å². The van der Waals surface area contributed by atoms with Gasteiger partial charge < -0.3 is 4.74 Å². The molecule has 0 N–H and O–H groups in total. The van der Waals surface area contributed by atoms with Crippen LogP contribution < -0.4 is 0 Å². The van der Waals surface area contributed by atoms with E-state index in [-0.39, 0.29) is 0 Å². The third-order valence-electron chi connectivity index (χ3n) is 3.63. The van der Waals surface area contributed by atoms with Gasteiger partial charge in [-0.25, -0.2) is 0 Å². The van der Waals surface area contributed by atoms with Crippen molar-refractivity contribution in [3.63, 3.8) is 0 Å². The Hall–Kier alpha value is -0.300. The molecular weight excluding hydrogens is 232 g/mol. The fraction of sp³-hybridized carbons (Fsp3) is 0.889. The highest BCUT2D eigenvalue weighted by Crippen LogP contribution is 2.12. The summed E-state index contributed by atoms with van der Waals surface area (Å²) in [5, 5.41) is 0. The molecule has 0 aromatic heterocycles. The molecule has 0 amide bonds. The third-order valence-corrected chi connectivity index (χ3v) is 3.63. The van der Waals surface area contributed by atoms with Gasteiger partial charge in [-0.3, -0.25) is 0 Å². The molecule has 0 aliphatic rings. The molecule has 0 radical (unpaired) electrons. The molecule has 0 unspecified atom stereocenters. The maximum Gasteiger partial charge on any atom is 0.0644 e. The summed E-state index contributed by atoms with van der Waals surface area (Å²) >= 11 is 0. The molecular formula is C18H36O. The van der Waals surface area contributed by atoms with Gasteiger partial charge in [-0.05, 0) is 6.42 Å². The van der Waals surface area contributed by atoms with Crippen LogP contribution in [0.5, 0.6) is 0 Å². The summed E-state index contributed by atoms with van der Waals surface area (Å²) in [6.45, 7) is 7.54. The van der Waals surface area contributed by atoms with Gasteiger partial charge in [0, 0.05) is 6.61 Å². The first kappa shape index (κ1) is 18.7. The lowest BCUT2D eigenvalue weighted by molar-refractivity contribution is 0.157. The van der Waals surface area contributed by atoms with Gasteiger partial charge >= 0.3 is 0 Å². The van der Waals surface area contributed by atoms with E-state index in [2.05, 4.69) is 13.5 Å². The molecule has 0 aromatic rings. The molecule has 114 valence electrons. The Kier molecular flexibility index (Phi) is 17.4. The maximum atomic E-state index is 5.36. The molecule has 0 aliphatic heterocycles. The average Bonchev–Trinajstić information content (AvgIpc) is 2.43. The Morgan fingerprint density at radius 1 is 0.684 bits per heavy atom. The summed E-state index contributed by atoms with van der Waals surface area (Å²) in [5.74, 6) is 0. The van der Waals surface area contributed by atoms with E-state index in [9.17, 15) is 0 Å². The van der Waals surface area contributed by atoms with Crippen LogP contribution in [0.2, 0.25) is 0 Å². The smallest absolute Gasteiger partial charge is 0.0644 e. The summed E-state index contributed by atoms with van der Waals surface area (Å²) in [5.41, 5.74) is 0. The summed E-state index contributed by atoms with van der Waals surface area (Å²) < 4.78 is 5.36. The first-order valence-corrected chi connectivity index (χ1v) is 8.60. The van der Waals surface area contributed by atoms with Crippen LogP contribution in [0, 0.1) is 0 Å². The lowest BCUT2D eigenvalue weighted by atomic mass is 10.0. The van der Waals surface area contributed by atoms with Crippen LogP contribution in [-0.2, 0) is 4.74 Å². The second kappa shape index (κ2) is 17.7. The predicted octanol–water partition coefficient (Wildman–Crippen LogP) is 6.28. The molecule has 0 bridgehead atoms. The minimum absolute atomic E-state index is 0.707. The normalized spacial score (nSPS) is 10.8. The van der Waals surface area contributed by atoms with Gasteiger partial charge in [0.1, 0.15) is 0 Å². The van der Waals surface area contributed by atoms with Crippen LogP contribution in [0.25, 0.3) is 0 Å². The Bertz CT molecular complexity index is 165. The zero-order chi connectivity index (χ0) is 14.0. The molecule has 0 saturated heterocycles. The number of hydrogen-bond donors (Lipinski definition) is 0. The van der Waals surface area contributed by atoms with Crippen molar-refractivity contribution in [2.45, 2.75) is 90.4 Å². The minimum atomic E-state index is 0.707. The van der Waals surface area contributed by atoms with Gasteiger partial charge in [0.25, 0.3) is 0 Å². The predicted molar refractivity (Wildman–Crippen MR) is 86.7 cm³/mol. The van der Waals surface area contributed by atoms with E-state index >= 15 is 0 Å². The van der Waals surface area contributed by atoms with Gasteiger partial charge in [0.2, 0.25) is 0 Å². The summed E-state index contributed by atoms with van der Waals surface area (Å²) in [6.07, 6.45) is 20.1. The van der Waals surface area contributed by atoms with Gasteiger partial charge in [-0.1, -0.05) is 90.0 Å². The van der Waals surface area contributed by atoms with E-state index < -0.39 is 0 Å². The Balaban J connectivity index is 2.89.